The molecule has 0 radical (unpaired) electrons. The molecule has 0 bridgehead atoms. The molecule has 0 aliphatic heterocycles. The maximum Gasteiger partial charge on any atom is 0.306 e. The number of fused-ring (bicyclic) bond motifs is 1. The fourth-order valence-corrected chi connectivity index (χ4v) is 3.59. The Balaban J connectivity index is 1.44. The van der Waals surface area contributed by atoms with Gasteiger partial charge < -0.3 is 9.47 Å². The SMILES string of the molecule is COc1ccccc1C(=O)COC(=O)CCCc1nc2ccccc2s1. The maximum atomic E-state index is 12.2. The third-order valence-corrected chi connectivity index (χ3v) is 4.98. The van der Waals surface area contributed by atoms with Crippen molar-refractivity contribution in [1.29, 1.82) is 0 Å². The number of methoxy groups -OCH3 is 1. The van der Waals surface area contributed by atoms with Crippen LogP contribution in [0.15, 0.2) is 48.5 Å². The van der Waals surface area contributed by atoms with Gasteiger partial charge in [0.25, 0.3) is 0 Å². The Morgan fingerprint density at radius 2 is 1.85 bits per heavy atom. The Morgan fingerprint density at radius 1 is 1.08 bits per heavy atom. The average Bonchev–Trinajstić information content (AvgIpc) is 3.08. The zero-order chi connectivity index (χ0) is 18.4. The molecule has 0 saturated heterocycles. The van der Waals surface area contributed by atoms with Gasteiger partial charge in [-0.25, -0.2) is 4.98 Å². The third kappa shape index (κ3) is 4.46. The lowest BCUT2D eigenvalue weighted by Gasteiger charge is -2.07. The van der Waals surface area contributed by atoms with E-state index in [0.29, 0.717) is 17.7 Å². The molecule has 3 aromatic rings. The minimum absolute atomic E-state index is 0.259. The summed E-state index contributed by atoms with van der Waals surface area (Å²) in [5, 5.41) is 1.00. The zero-order valence-electron chi connectivity index (χ0n) is 14.4. The predicted molar refractivity (Wildman–Crippen MR) is 101 cm³/mol. The molecule has 0 amide bonds. The lowest BCUT2D eigenvalue weighted by Crippen LogP contribution is -2.14. The van der Waals surface area contributed by atoms with Gasteiger partial charge in [-0.2, -0.15) is 0 Å². The maximum absolute atomic E-state index is 12.2. The monoisotopic (exact) mass is 369 g/mol. The molecule has 2 aromatic carbocycles. The molecule has 0 unspecified atom stereocenters. The smallest absolute Gasteiger partial charge is 0.306 e. The van der Waals surface area contributed by atoms with Gasteiger partial charge in [-0.15, -0.1) is 11.3 Å². The molecule has 5 nitrogen and oxygen atoms in total. The molecule has 0 atom stereocenters. The molecular formula is C20H19NO4S. The Kier molecular flexibility index (Phi) is 5.96. The Morgan fingerprint density at radius 3 is 2.65 bits per heavy atom. The van der Waals surface area contributed by atoms with Gasteiger partial charge in [-0.05, 0) is 37.1 Å². The van der Waals surface area contributed by atoms with Crippen LogP contribution in [0.4, 0.5) is 0 Å². The van der Waals surface area contributed by atoms with E-state index in [9.17, 15) is 9.59 Å². The topological polar surface area (TPSA) is 65.5 Å². The quantitative estimate of drug-likeness (QED) is 0.443. The van der Waals surface area contributed by atoms with Gasteiger partial charge in [0.15, 0.2) is 6.61 Å². The van der Waals surface area contributed by atoms with E-state index in [-0.39, 0.29) is 24.8 Å². The number of benzene rings is 2. The number of esters is 1. The normalized spacial score (nSPS) is 10.7. The van der Waals surface area contributed by atoms with Crippen LogP contribution in [0.3, 0.4) is 0 Å². The molecule has 0 N–H and O–H groups in total. The molecule has 1 heterocycles. The summed E-state index contributed by atoms with van der Waals surface area (Å²) in [6.07, 6.45) is 1.62. The van der Waals surface area contributed by atoms with Crippen molar-refractivity contribution >= 4 is 33.3 Å². The average molecular weight is 369 g/mol. The highest BCUT2D eigenvalue weighted by Crippen LogP contribution is 2.23. The molecule has 0 spiro atoms. The number of carbonyl (C=O) groups excluding carboxylic acids is 2. The second-order valence-corrected chi connectivity index (χ2v) is 6.83. The second kappa shape index (κ2) is 8.58. The van der Waals surface area contributed by atoms with Crippen molar-refractivity contribution in [2.45, 2.75) is 19.3 Å². The number of Topliss-reactive ketones (excluding diaryl/α,β-unsaturated/α-hetero) is 1. The van der Waals surface area contributed by atoms with Gasteiger partial charge in [0, 0.05) is 6.42 Å². The minimum atomic E-state index is -0.380. The van der Waals surface area contributed by atoms with Crippen LogP contribution in [0.2, 0.25) is 0 Å². The molecule has 1 aromatic heterocycles. The molecule has 0 aliphatic carbocycles. The van der Waals surface area contributed by atoms with Crippen molar-refractivity contribution in [2.75, 3.05) is 13.7 Å². The first-order valence-electron chi connectivity index (χ1n) is 8.33. The van der Waals surface area contributed by atoms with Gasteiger partial charge in [0.1, 0.15) is 5.75 Å². The molecule has 3 rings (SSSR count). The van der Waals surface area contributed by atoms with Gasteiger partial charge in [-0.1, -0.05) is 24.3 Å². The van der Waals surface area contributed by atoms with Crippen molar-refractivity contribution in [1.82, 2.24) is 4.98 Å². The van der Waals surface area contributed by atoms with E-state index in [2.05, 4.69) is 4.98 Å². The number of aromatic nitrogens is 1. The summed E-state index contributed by atoms with van der Waals surface area (Å²) in [5.41, 5.74) is 1.40. The molecule has 134 valence electrons. The number of nitrogens with zero attached hydrogens (tertiary/aromatic N) is 1. The fourth-order valence-electron chi connectivity index (χ4n) is 2.58. The second-order valence-electron chi connectivity index (χ2n) is 5.71. The Labute approximate surface area is 155 Å². The molecule has 0 saturated carbocycles. The van der Waals surface area contributed by atoms with E-state index in [0.717, 1.165) is 21.6 Å². The number of rotatable bonds is 8. The van der Waals surface area contributed by atoms with E-state index < -0.39 is 0 Å². The summed E-state index contributed by atoms with van der Waals surface area (Å²) in [7, 11) is 1.50. The summed E-state index contributed by atoms with van der Waals surface area (Å²) >= 11 is 1.64. The van der Waals surface area contributed by atoms with Crippen molar-refractivity contribution in [2.24, 2.45) is 0 Å². The molecule has 6 heteroatoms. The van der Waals surface area contributed by atoms with Crippen LogP contribution in [0.5, 0.6) is 5.75 Å². The van der Waals surface area contributed by atoms with Crippen LogP contribution in [-0.2, 0) is 16.0 Å². The van der Waals surface area contributed by atoms with Gasteiger partial charge >= 0.3 is 5.97 Å². The lowest BCUT2D eigenvalue weighted by molar-refractivity contribution is -0.142. The number of thiazole rings is 1. The summed E-state index contributed by atoms with van der Waals surface area (Å²) in [6, 6.07) is 14.8. The highest BCUT2D eigenvalue weighted by atomic mass is 32.1. The fraction of sp³-hybridized carbons (Fsp3) is 0.250. The van der Waals surface area contributed by atoms with Crippen LogP contribution >= 0.6 is 11.3 Å². The van der Waals surface area contributed by atoms with Gasteiger partial charge in [0.2, 0.25) is 5.78 Å². The Hall–Kier alpha value is -2.73. The molecule has 26 heavy (non-hydrogen) atoms. The minimum Gasteiger partial charge on any atom is -0.496 e. The third-order valence-electron chi connectivity index (χ3n) is 3.88. The van der Waals surface area contributed by atoms with E-state index in [1.54, 1.807) is 35.6 Å². The first kappa shape index (κ1) is 18.1. The van der Waals surface area contributed by atoms with Crippen LogP contribution in [0.1, 0.15) is 28.2 Å². The summed E-state index contributed by atoms with van der Waals surface area (Å²) in [4.78, 5) is 28.6. The van der Waals surface area contributed by atoms with Crippen LogP contribution in [0, 0.1) is 0 Å². The van der Waals surface area contributed by atoms with E-state index in [1.165, 1.54) is 7.11 Å². The molecule has 0 fully saturated rings. The predicted octanol–water partition coefficient (Wildman–Crippen LogP) is 4.05. The zero-order valence-corrected chi connectivity index (χ0v) is 15.3. The number of hydrogen-bond acceptors (Lipinski definition) is 6. The number of ketones is 1. The number of para-hydroxylation sites is 2. The standard InChI is InChI=1S/C20H19NO4S/c1-24-17-9-4-2-7-14(17)16(22)13-25-20(23)12-6-11-19-21-15-8-3-5-10-18(15)26-19/h2-5,7-10H,6,11-13H2,1H3. The van der Waals surface area contributed by atoms with Crippen LogP contribution < -0.4 is 4.74 Å². The number of carbonyl (C=O) groups is 2. The van der Waals surface area contributed by atoms with Crippen molar-refractivity contribution in [3.8, 4) is 5.75 Å². The van der Waals surface area contributed by atoms with Gasteiger partial charge in [-0.3, -0.25) is 9.59 Å². The lowest BCUT2D eigenvalue weighted by atomic mass is 10.1. The van der Waals surface area contributed by atoms with Crippen LogP contribution in [0.25, 0.3) is 10.2 Å². The molecular weight excluding hydrogens is 350 g/mol. The highest BCUT2D eigenvalue weighted by Gasteiger charge is 2.14. The molecule has 0 aliphatic rings. The van der Waals surface area contributed by atoms with E-state index in [4.69, 9.17) is 9.47 Å². The number of aryl methyl sites for hydroxylation is 1. The van der Waals surface area contributed by atoms with E-state index in [1.807, 2.05) is 24.3 Å². The van der Waals surface area contributed by atoms with Crippen molar-refractivity contribution in [3.05, 3.63) is 59.1 Å². The summed E-state index contributed by atoms with van der Waals surface area (Å²) in [6.45, 7) is -0.277. The van der Waals surface area contributed by atoms with E-state index >= 15 is 0 Å². The first-order valence-corrected chi connectivity index (χ1v) is 9.15. The van der Waals surface area contributed by atoms with Crippen molar-refractivity contribution < 1.29 is 19.1 Å². The number of hydrogen-bond donors (Lipinski definition) is 0. The largest absolute Gasteiger partial charge is 0.496 e. The first-order chi connectivity index (χ1) is 12.7. The number of ether oxygens (including phenoxy) is 2. The van der Waals surface area contributed by atoms with Crippen LogP contribution in [-0.4, -0.2) is 30.5 Å². The van der Waals surface area contributed by atoms with Crippen molar-refractivity contribution in [3.63, 3.8) is 0 Å². The highest BCUT2D eigenvalue weighted by molar-refractivity contribution is 7.18. The van der Waals surface area contributed by atoms with Gasteiger partial charge in [0.05, 0.1) is 27.9 Å². The Bertz CT molecular complexity index is 886. The summed E-state index contributed by atoms with van der Waals surface area (Å²) < 4.78 is 11.4. The summed E-state index contributed by atoms with van der Waals surface area (Å²) in [5.74, 6) is -0.180.